The molecule has 4 rings (SSSR count). The van der Waals surface area contributed by atoms with Crippen LogP contribution in [0.4, 0.5) is 13.2 Å². The van der Waals surface area contributed by atoms with E-state index in [-0.39, 0.29) is 29.7 Å². The van der Waals surface area contributed by atoms with Crippen molar-refractivity contribution in [2.24, 2.45) is 11.7 Å². The predicted octanol–water partition coefficient (Wildman–Crippen LogP) is 4.99. The van der Waals surface area contributed by atoms with E-state index in [9.17, 15) is 18.0 Å². The molecule has 28 heavy (non-hydrogen) atoms. The number of ketones is 1. The van der Waals surface area contributed by atoms with Gasteiger partial charge in [0.25, 0.3) is 0 Å². The summed E-state index contributed by atoms with van der Waals surface area (Å²) in [5.74, 6) is -3.65. The lowest BCUT2D eigenvalue weighted by atomic mass is 9.76. The zero-order valence-corrected chi connectivity index (χ0v) is 15.6. The van der Waals surface area contributed by atoms with Crippen LogP contribution in [0.3, 0.4) is 0 Å². The van der Waals surface area contributed by atoms with Crippen molar-refractivity contribution in [1.29, 1.82) is 0 Å². The lowest BCUT2D eigenvalue weighted by Gasteiger charge is -2.28. The molecule has 0 aliphatic heterocycles. The Hall–Kier alpha value is -2.21. The Morgan fingerprint density at radius 3 is 2.14 bits per heavy atom. The Morgan fingerprint density at radius 1 is 0.893 bits per heavy atom. The second kappa shape index (κ2) is 7.66. The molecule has 0 spiro atoms. The number of Topliss-reactive ketones (excluding diaryl/α,β-unsaturated/α-hetero) is 1. The molecular weight excluding hydrogens is 365 g/mol. The minimum atomic E-state index is -1.42. The van der Waals surface area contributed by atoms with Crippen LogP contribution in [0.5, 0.6) is 0 Å². The summed E-state index contributed by atoms with van der Waals surface area (Å²) in [6.07, 6.45) is 4.45. The van der Waals surface area contributed by atoms with Crippen molar-refractivity contribution in [3.63, 3.8) is 0 Å². The molecule has 0 saturated heterocycles. The molecular formula is C22H23F3N2O. The number of carbonyl (C=O) groups excluding carboxylic acids is 1. The van der Waals surface area contributed by atoms with Crippen molar-refractivity contribution in [2.45, 2.75) is 56.9 Å². The summed E-state index contributed by atoms with van der Waals surface area (Å²) in [6, 6.07) is 6.14. The minimum absolute atomic E-state index is 0.0291. The van der Waals surface area contributed by atoms with E-state index >= 15 is 0 Å². The van der Waals surface area contributed by atoms with E-state index in [0.29, 0.717) is 43.0 Å². The summed E-state index contributed by atoms with van der Waals surface area (Å²) in [5.41, 5.74) is 8.14. The Balaban J connectivity index is 1.50. The fourth-order valence-electron chi connectivity index (χ4n) is 4.26. The van der Waals surface area contributed by atoms with E-state index in [4.69, 9.17) is 5.73 Å². The van der Waals surface area contributed by atoms with Crippen molar-refractivity contribution in [1.82, 2.24) is 4.98 Å². The van der Waals surface area contributed by atoms with Gasteiger partial charge in [-0.15, -0.1) is 0 Å². The highest BCUT2D eigenvalue weighted by atomic mass is 19.2. The van der Waals surface area contributed by atoms with E-state index in [1.807, 2.05) is 12.1 Å². The Kier molecular flexibility index (Phi) is 5.23. The molecule has 1 aromatic carbocycles. The van der Waals surface area contributed by atoms with E-state index < -0.39 is 17.5 Å². The van der Waals surface area contributed by atoms with Crippen molar-refractivity contribution < 1.29 is 18.0 Å². The zero-order valence-electron chi connectivity index (χ0n) is 15.6. The van der Waals surface area contributed by atoms with Crippen LogP contribution >= 0.6 is 0 Å². The lowest BCUT2D eigenvalue weighted by molar-refractivity contribution is 0.0876. The number of benzene rings is 1. The molecule has 0 bridgehead atoms. The second-order valence-corrected chi connectivity index (χ2v) is 7.90. The number of nitrogens with zero attached hydrogens (tertiary/aromatic N) is 1. The minimum Gasteiger partial charge on any atom is -0.325 e. The third kappa shape index (κ3) is 3.58. The normalized spacial score (nSPS) is 22.3. The summed E-state index contributed by atoms with van der Waals surface area (Å²) in [5, 5.41) is 0. The van der Waals surface area contributed by atoms with Crippen LogP contribution in [0.25, 0.3) is 0 Å². The van der Waals surface area contributed by atoms with Gasteiger partial charge < -0.3 is 5.73 Å². The molecule has 1 aromatic heterocycles. The molecule has 2 aromatic rings. The number of pyridine rings is 1. The molecule has 0 unspecified atom stereocenters. The molecule has 2 N–H and O–H groups in total. The predicted molar refractivity (Wildman–Crippen MR) is 99.4 cm³/mol. The van der Waals surface area contributed by atoms with Crippen LogP contribution in [0.1, 0.15) is 77.7 Å². The van der Waals surface area contributed by atoms with Crippen LogP contribution < -0.4 is 5.73 Å². The highest BCUT2D eigenvalue weighted by molar-refractivity contribution is 5.97. The molecule has 6 heteroatoms. The molecule has 2 saturated carbocycles. The maximum atomic E-state index is 14.1. The van der Waals surface area contributed by atoms with Gasteiger partial charge in [0.2, 0.25) is 0 Å². The van der Waals surface area contributed by atoms with Gasteiger partial charge in [-0.1, -0.05) is 12.1 Å². The molecule has 3 nitrogen and oxygen atoms in total. The molecule has 148 valence electrons. The maximum Gasteiger partial charge on any atom is 0.194 e. The van der Waals surface area contributed by atoms with E-state index in [1.54, 1.807) is 0 Å². The van der Waals surface area contributed by atoms with Crippen molar-refractivity contribution >= 4 is 5.78 Å². The average molecular weight is 388 g/mol. The SMILES string of the molecule is NCc1ccc(C2CC2)c(C(=O)C2CCC(c3ccc(F)c(F)c3F)CC2)n1. The number of nitrogens with two attached hydrogens (primary N) is 1. The van der Waals surface area contributed by atoms with Gasteiger partial charge in [-0.25, -0.2) is 18.2 Å². The van der Waals surface area contributed by atoms with E-state index in [1.165, 1.54) is 6.07 Å². The molecule has 2 aliphatic rings. The van der Waals surface area contributed by atoms with Crippen LogP contribution in [0.2, 0.25) is 0 Å². The highest BCUT2D eigenvalue weighted by Crippen LogP contribution is 2.43. The monoisotopic (exact) mass is 388 g/mol. The van der Waals surface area contributed by atoms with Crippen LogP contribution in [0.15, 0.2) is 24.3 Å². The summed E-state index contributed by atoms with van der Waals surface area (Å²) >= 11 is 0. The first-order valence-electron chi connectivity index (χ1n) is 9.87. The number of hydrogen-bond acceptors (Lipinski definition) is 3. The first kappa shape index (κ1) is 19.1. The van der Waals surface area contributed by atoms with Crippen LogP contribution in [-0.2, 0) is 6.54 Å². The first-order chi connectivity index (χ1) is 13.5. The van der Waals surface area contributed by atoms with Crippen LogP contribution in [0, 0.1) is 23.4 Å². The van der Waals surface area contributed by atoms with Gasteiger partial charge in [0, 0.05) is 12.5 Å². The number of hydrogen-bond donors (Lipinski definition) is 1. The molecule has 2 aliphatic carbocycles. The average Bonchev–Trinajstić information content (AvgIpc) is 3.56. The third-order valence-corrected chi connectivity index (χ3v) is 6.05. The van der Waals surface area contributed by atoms with Gasteiger partial charge in [-0.3, -0.25) is 4.79 Å². The third-order valence-electron chi connectivity index (χ3n) is 6.05. The number of carbonyl (C=O) groups is 1. The molecule has 0 radical (unpaired) electrons. The van der Waals surface area contributed by atoms with E-state index in [2.05, 4.69) is 4.98 Å². The summed E-state index contributed by atoms with van der Waals surface area (Å²) < 4.78 is 40.8. The Labute approximate surface area is 162 Å². The van der Waals surface area contributed by atoms with Crippen molar-refractivity contribution in [2.75, 3.05) is 0 Å². The molecule has 0 amide bonds. The number of aromatic nitrogens is 1. The van der Waals surface area contributed by atoms with Gasteiger partial charge in [0.15, 0.2) is 23.2 Å². The standard InChI is InChI=1S/C22H23F3N2O/c23-18-10-9-16(19(24)20(18)25)12-3-5-14(6-4-12)22(28)21-17(13-1-2-13)8-7-15(11-26)27-21/h7-10,12-14H,1-6,11,26H2. The number of halogens is 3. The fourth-order valence-corrected chi connectivity index (χ4v) is 4.26. The highest BCUT2D eigenvalue weighted by Gasteiger charge is 2.34. The fraction of sp³-hybridized carbons (Fsp3) is 0.455. The van der Waals surface area contributed by atoms with Crippen LogP contribution in [-0.4, -0.2) is 10.8 Å². The zero-order chi connectivity index (χ0) is 19.8. The molecule has 2 fully saturated rings. The molecule has 1 heterocycles. The van der Waals surface area contributed by atoms with Gasteiger partial charge in [-0.2, -0.15) is 0 Å². The van der Waals surface area contributed by atoms with Gasteiger partial charge in [0.05, 0.1) is 5.69 Å². The second-order valence-electron chi connectivity index (χ2n) is 7.90. The smallest absolute Gasteiger partial charge is 0.194 e. The van der Waals surface area contributed by atoms with E-state index in [0.717, 1.165) is 24.5 Å². The topological polar surface area (TPSA) is 56.0 Å². The van der Waals surface area contributed by atoms with Gasteiger partial charge in [-0.05, 0) is 73.6 Å². The maximum absolute atomic E-state index is 14.1. The summed E-state index contributed by atoms with van der Waals surface area (Å²) in [4.78, 5) is 17.7. The first-order valence-corrected chi connectivity index (χ1v) is 9.87. The Morgan fingerprint density at radius 2 is 1.50 bits per heavy atom. The Bertz CT molecular complexity index is 903. The van der Waals surface area contributed by atoms with Gasteiger partial charge in [0.1, 0.15) is 5.69 Å². The summed E-state index contributed by atoms with van der Waals surface area (Å²) in [6.45, 7) is 0.285. The largest absolute Gasteiger partial charge is 0.325 e. The molecule has 0 atom stereocenters. The lowest BCUT2D eigenvalue weighted by Crippen LogP contribution is -2.24. The number of rotatable bonds is 5. The van der Waals surface area contributed by atoms with Gasteiger partial charge >= 0.3 is 0 Å². The quantitative estimate of drug-likeness (QED) is 0.580. The van der Waals surface area contributed by atoms with Crippen molar-refractivity contribution in [3.8, 4) is 0 Å². The summed E-state index contributed by atoms with van der Waals surface area (Å²) in [7, 11) is 0. The van der Waals surface area contributed by atoms with Crippen molar-refractivity contribution in [3.05, 3.63) is 64.2 Å².